The van der Waals surface area contributed by atoms with Crippen molar-refractivity contribution >= 4 is 29.4 Å². The van der Waals surface area contributed by atoms with E-state index in [1.807, 2.05) is 0 Å². The molecule has 2 rings (SSSR count). The van der Waals surface area contributed by atoms with Gasteiger partial charge in [0.15, 0.2) is 17.3 Å². The maximum Gasteiger partial charge on any atom is 0.336 e. The molecule has 0 unspecified atom stereocenters. The molecule has 0 atom stereocenters. The second-order valence-corrected chi connectivity index (χ2v) is 5.16. The zero-order valence-corrected chi connectivity index (χ0v) is 13.5. The van der Waals surface area contributed by atoms with Crippen molar-refractivity contribution in [1.82, 2.24) is 0 Å². The number of hydrogen-bond acceptors (Lipinski definition) is 4. The average Bonchev–Trinajstić information content (AvgIpc) is 2.54. The van der Waals surface area contributed by atoms with E-state index in [1.165, 1.54) is 32.2 Å². The third-order valence-electron chi connectivity index (χ3n) is 3.06. The topological polar surface area (TPSA) is 52.6 Å². The van der Waals surface area contributed by atoms with Gasteiger partial charge in [-0.1, -0.05) is 23.7 Å². The summed E-state index contributed by atoms with van der Waals surface area (Å²) < 4.78 is 10.4. The molecule has 0 fully saturated rings. The molecular weight excluding hydrogens is 316 g/mol. The van der Waals surface area contributed by atoms with Crippen LogP contribution in [0.4, 0.5) is 0 Å². The van der Waals surface area contributed by atoms with Gasteiger partial charge in [0, 0.05) is 16.7 Å². The number of benzene rings is 2. The highest BCUT2D eigenvalue weighted by Crippen LogP contribution is 2.28. The number of hydrogen-bond donors (Lipinski definition) is 0. The first kappa shape index (κ1) is 16.8. The summed E-state index contributed by atoms with van der Waals surface area (Å²) in [5.74, 6) is -0.0631. The van der Waals surface area contributed by atoms with Crippen molar-refractivity contribution in [3.05, 3.63) is 64.7 Å². The molecule has 2 aromatic carbocycles. The summed E-state index contributed by atoms with van der Waals surface area (Å²) in [4.78, 5) is 23.2. The molecule has 0 saturated carbocycles. The molecule has 0 spiro atoms. The summed E-state index contributed by atoms with van der Waals surface area (Å²) in [7, 11) is 1.44. The summed E-state index contributed by atoms with van der Waals surface area (Å²) in [5.41, 5.74) is 1.31. The lowest BCUT2D eigenvalue weighted by Gasteiger charge is -2.08. The third-order valence-corrected chi connectivity index (χ3v) is 3.31. The minimum atomic E-state index is -0.547. The molecule has 118 valence electrons. The van der Waals surface area contributed by atoms with Crippen molar-refractivity contribution in [2.24, 2.45) is 0 Å². The van der Waals surface area contributed by atoms with Crippen LogP contribution in [0.15, 0.2) is 48.5 Å². The summed E-state index contributed by atoms with van der Waals surface area (Å²) in [6, 6.07) is 11.7. The fraction of sp³-hybridized carbons (Fsp3) is 0.111. The second-order valence-electron chi connectivity index (χ2n) is 4.73. The number of halogens is 1. The summed E-state index contributed by atoms with van der Waals surface area (Å²) >= 11 is 5.80. The Bertz CT molecular complexity index is 748. The van der Waals surface area contributed by atoms with Crippen LogP contribution in [0.1, 0.15) is 22.8 Å². The maximum absolute atomic E-state index is 11.9. The minimum absolute atomic E-state index is 0.0937. The number of methoxy groups -OCH3 is 1. The summed E-state index contributed by atoms with van der Waals surface area (Å²) in [6.45, 7) is 1.45. The Morgan fingerprint density at radius 2 is 1.74 bits per heavy atom. The van der Waals surface area contributed by atoms with Crippen LogP contribution in [0, 0.1) is 0 Å². The van der Waals surface area contributed by atoms with E-state index < -0.39 is 5.97 Å². The van der Waals surface area contributed by atoms with Crippen molar-refractivity contribution < 1.29 is 19.1 Å². The maximum atomic E-state index is 11.9. The van der Waals surface area contributed by atoms with E-state index in [4.69, 9.17) is 21.1 Å². The van der Waals surface area contributed by atoms with Crippen LogP contribution in [0.3, 0.4) is 0 Å². The van der Waals surface area contributed by atoms with Gasteiger partial charge in [-0.3, -0.25) is 4.79 Å². The SMILES string of the molecule is COc1cc(C(C)=O)ccc1OC(=O)/C=C/c1ccc(Cl)cc1. The van der Waals surface area contributed by atoms with Gasteiger partial charge in [-0.2, -0.15) is 0 Å². The van der Waals surface area contributed by atoms with Crippen molar-refractivity contribution in [1.29, 1.82) is 0 Å². The van der Waals surface area contributed by atoms with Crippen molar-refractivity contribution in [3.8, 4) is 11.5 Å². The molecule has 2 aromatic rings. The van der Waals surface area contributed by atoms with E-state index in [9.17, 15) is 9.59 Å². The Morgan fingerprint density at radius 3 is 2.35 bits per heavy atom. The predicted octanol–water partition coefficient (Wildman–Crippen LogP) is 4.17. The molecule has 23 heavy (non-hydrogen) atoms. The van der Waals surface area contributed by atoms with E-state index in [0.29, 0.717) is 16.3 Å². The zero-order chi connectivity index (χ0) is 16.8. The van der Waals surface area contributed by atoms with Gasteiger partial charge >= 0.3 is 5.97 Å². The lowest BCUT2D eigenvalue weighted by atomic mass is 10.1. The van der Waals surface area contributed by atoms with Gasteiger partial charge in [-0.25, -0.2) is 4.79 Å². The normalized spacial score (nSPS) is 10.6. The number of rotatable bonds is 5. The van der Waals surface area contributed by atoms with Crippen LogP contribution < -0.4 is 9.47 Å². The Kier molecular flexibility index (Phi) is 5.55. The highest BCUT2D eigenvalue weighted by molar-refractivity contribution is 6.30. The van der Waals surface area contributed by atoms with E-state index in [-0.39, 0.29) is 11.5 Å². The van der Waals surface area contributed by atoms with Crippen LogP contribution in [0.25, 0.3) is 6.08 Å². The summed E-state index contributed by atoms with van der Waals surface area (Å²) in [6.07, 6.45) is 2.93. The standard InChI is InChI=1S/C18H15ClO4/c1-12(20)14-6-9-16(17(11-14)22-2)23-18(21)10-5-13-3-7-15(19)8-4-13/h3-11H,1-2H3/b10-5+. The number of ketones is 1. The average molecular weight is 331 g/mol. The fourth-order valence-corrected chi connectivity index (χ4v) is 1.98. The smallest absolute Gasteiger partial charge is 0.336 e. The number of Topliss-reactive ketones (excluding diaryl/α,β-unsaturated/α-hetero) is 1. The first-order valence-electron chi connectivity index (χ1n) is 6.84. The molecule has 5 heteroatoms. The largest absolute Gasteiger partial charge is 0.493 e. The number of carbonyl (C=O) groups is 2. The van der Waals surface area contributed by atoms with Crippen molar-refractivity contribution in [2.75, 3.05) is 7.11 Å². The molecular formula is C18H15ClO4. The van der Waals surface area contributed by atoms with Gasteiger partial charge in [0.05, 0.1) is 7.11 Å². The third kappa shape index (κ3) is 4.69. The highest BCUT2D eigenvalue weighted by atomic mass is 35.5. The highest BCUT2D eigenvalue weighted by Gasteiger charge is 2.10. The first-order valence-corrected chi connectivity index (χ1v) is 7.22. The lowest BCUT2D eigenvalue weighted by molar-refractivity contribution is -0.129. The van der Waals surface area contributed by atoms with E-state index >= 15 is 0 Å². The molecule has 0 radical (unpaired) electrons. The number of carbonyl (C=O) groups excluding carboxylic acids is 2. The van der Waals surface area contributed by atoms with Crippen LogP contribution >= 0.6 is 11.6 Å². The van der Waals surface area contributed by atoms with Crippen molar-refractivity contribution in [2.45, 2.75) is 6.92 Å². The molecule has 4 nitrogen and oxygen atoms in total. The quantitative estimate of drug-likeness (QED) is 0.357. The molecule has 0 aliphatic heterocycles. The van der Waals surface area contributed by atoms with Gasteiger partial charge in [-0.05, 0) is 48.9 Å². The van der Waals surface area contributed by atoms with Crippen molar-refractivity contribution in [3.63, 3.8) is 0 Å². The lowest BCUT2D eigenvalue weighted by Crippen LogP contribution is -2.05. The molecule has 0 amide bonds. The van der Waals surface area contributed by atoms with Crippen LogP contribution in [-0.4, -0.2) is 18.9 Å². The van der Waals surface area contributed by atoms with Gasteiger partial charge < -0.3 is 9.47 Å². The monoisotopic (exact) mass is 330 g/mol. The van der Waals surface area contributed by atoms with Gasteiger partial charge in [-0.15, -0.1) is 0 Å². The Balaban J connectivity index is 2.10. The summed E-state index contributed by atoms with van der Waals surface area (Å²) in [5, 5.41) is 0.625. The predicted molar refractivity (Wildman–Crippen MR) is 89.1 cm³/mol. The Morgan fingerprint density at radius 1 is 1.04 bits per heavy atom. The molecule has 0 bridgehead atoms. The molecule has 0 aromatic heterocycles. The second kappa shape index (κ2) is 7.61. The molecule has 0 saturated heterocycles. The van der Waals surface area contributed by atoms with Crippen LogP contribution in [-0.2, 0) is 4.79 Å². The number of esters is 1. The Hall–Kier alpha value is -2.59. The molecule has 0 heterocycles. The fourth-order valence-electron chi connectivity index (χ4n) is 1.85. The van der Waals surface area contributed by atoms with Gasteiger partial charge in [0.1, 0.15) is 0 Å². The van der Waals surface area contributed by atoms with E-state index in [1.54, 1.807) is 36.4 Å². The minimum Gasteiger partial charge on any atom is -0.493 e. The Labute approximate surface area is 139 Å². The zero-order valence-electron chi connectivity index (χ0n) is 12.7. The van der Waals surface area contributed by atoms with E-state index in [0.717, 1.165) is 5.56 Å². The number of ether oxygens (including phenoxy) is 2. The first-order chi connectivity index (χ1) is 11.0. The molecule has 0 aliphatic rings. The molecule has 0 aliphatic carbocycles. The van der Waals surface area contributed by atoms with E-state index in [2.05, 4.69) is 0 Å². The van der Waals surface area contributed by atoms with Crippen LogP contribution in [0.2, 0.25) is 5.02 Å². The molecule has 0 N–H and O–H groups in total. The van der Waals surface area contributed by atoms with Gasteiger partial charge in [0.25, 0.3) is 0 Å². The van der Waals surface area contributed by atoms with Crippen LogP contribution in [0.5, 0.6) is 11.5 Å². The van der Waals surface area contributed by atoms with Gasteiger partial charge in [0.2, 0.25) is 0 Å².